The summed E-state index contributed by atoms with van der Waals surface area (Å²) in [7, 11) is 3.26. The highest BCUT2D eigenvalue weighted by molar-refractivity contribution is 6.08. The third-order valence-corrected chi connectivity index (χ3v) is 4.84. The summed E-state index contributed by atoms with van der Waals surface area (Å²) in [5, 5.41) is 3.69. The Morgan fingerprint density at radius 3 is 2.56 bits per heavy atom. The highest BCUT2D eigenvalue weighted by Gasteiger charge is 2.25. The maximum Gasteiger partial charge on any atom is 0.253 e. The van der Waals surface area contributed by atoms with Gasteiger partial charge in [0.2, 0.25) is 11.8 Å². The molecule has 1 fully saturated rings. The topological polar surface area (TPSA) is 101 Å². The zero-order valence-corrected chi connectivity index (χ0v) is 15.9. The minimum Gasteiger partial charge on any atom is -0.349 e. The molecule has 8 heteroatoms. The molecule has 1 heterocycles. The van der Waals surface area contributed by atoms with Gasteiger partial charge in [0.05, 0.1) is 17.6 Å². The molecule has 1 aliphatic carbocycles. The number of nitrogen functional groups attached to an aromatic ring is 1. The zero-order chi connectivity index (χ0) is 19.7. The van der Waals surface area contributed by atoms with Gasteiger partial charge in [-0.15, -0.1) is 0 Å². The van der Waals surface area contributed by atoms with E-state index in [1.807, 2.05) is 0 Å². The summed E-state index contributed by atoms with van der Waals surface area (Å²) in [5.74, 6) is 5.59. The second-order valence-corrected chi connectivity index (χ2v) is 6.96. The number of anilines is 1. The van der Waals surface area contributed by atoms with E-state index in [4.69, 9.17) is 5.84 Å². The lowest BCUT2D eigenvalue weighted by molar-refractivity contribution is -0.133. The van der Waals surface area contributed by atoms with E-state index in [0.29, 0.717) is 23.2 Å². The molecule has 0 bridgehead atoms. The van der Waals surface area contributed by atoms with E-state index in [1.165, 1.54) is 14.5 Å². The fourth-order valence-corrected chi connectivity index (χ4v) is 2.93. The molecular formula is C19H25N5O3. The number of amides is 3. The molecular weight excluding hydrogens is 346 g/mol. The van der Waals surface area contributed by atoms with Crippen molar-refractivity contribution in [3.63, 3.8) is 0 Å². The lowest BCUT2D eigenvalue weighted by Gasteiger charge is -2.22. The molecule has 0 atom stereocenters. The Balaban J connectivity index is 1.81. The molecule has 1 aromatic heterocycles. The van der Waals surface area contributed by atoms with Crippen molar-refractivity contribution < 1.29 is 14.4 Å². The molecule has 2 aromatic rings. The lowest BCUT2D eigenvalue weighted by atomic mass is 10.1. The van der Waals surface area contributed by atoms with Gasteiger partial charge in [0, 0.05) is 43.8 Å². The van der Waals surface area contributed by atoms with Crippen LogP contribution in [0.1, 0.15) is 36.5 Å². The van der Waals surface area contributed by atoms with Gasteiger partial charge in [-0.1, -0.05) is 6.92 Å². The normalized spacial score (nSPS) is 13.4. The smallest absolute Gasteiger partial charge is 0.253 e. The van der Waals surface area contributed by atoms with Crippen LogP contribution in [0.4, 0.5) is 5.69 Å². The summed E-state index contributed by atoms with van der Waals surface area (Å²) in [6, 6.07) is 5.60. The number of nitrogens with one attached hydrogen (secondary N) is 1. The number of hydrogen-bond donors (Lipinski definition) is 2. The Morgan fingerprint density at radius 1 is 1.22 bits per heavy atom. The Hall–Kier alpha value is -3.03. The summed E-state index contributed by atoms with van der Waals surface area (Å²) >= 11 is 0. The molecule has 0 radical (unpaired) electrons. The highest BCUT2D eigenvalue weighted by Crippen LogP contribution is 2.26. The summed E-state index contributed by atoms with van der Waals surface area (Å²) in [6.45, 7) is 1.76. The number of nitrogens with two attached hydrogens (primary N) is 1. The number of hydrogen-bond acceptors (Lipinski definition) is 4. The van der Waals surface area contributed by atoms with Crippen molar-refractivity contribution in [1.29, 1.82) is 0 Å². The molecule has 8 nitrogen and oxygen atoms in total. The van der Waals surface area contributed by atoms with Gasteiger partial charge < -0.3 is 21.0 Å². The lowest BCUT2D eigenvalue weighted by Crippen LogP contribution is -2.39. The number of nitrogens with zero attached hydrogens (tertiary/aromatic N) is 3. The minimum absolute atomic E-state index is 0.000107. The number of likely N-dealkylation sites (N-methyl/N-ethyl adjacent to an activating group) is 2. The standard InChI is InChI=1S/C19H25N5O3/c1-4-17(25)22(2)11-18(26)23(3)13-7-8-14-15(10-24(20)16(14)9-13)19(27)21-12-5-6-12/h7-10,12H,4-6,11,20H2,1-3H3,(H,21,27). The second kappa shape index (κ2) is 7.30. The van der Waals surface area contributed by atoms with Gasteiger partial charge in [-0.05, 0) is 31.0 Å². The molecule has 3 N–H and O–H groups in total. The third kappa shape index (κ3) is 3.89. The first kappa shape index (κ1) is 18.8. The molecule has 0 spiro atoms. The van der Waals surface area contributed by atoms with Gasteiger partial charge >= 0.3 is 0 Å². The van der Waals surface area contributed by atoms with Crippen molar-refractivity contribution in [3.05, 3.63) is 30.0 Å². The van der Waals surface area contributed by atoms with E-state index in [2.05, 4.69) is 5.32 Å². The largest absolute Gasteiger partial charge is 0.349 e. The van der Waals surface area contributed by atoms with E-state index in [-0.39, 0.29) is 30.3 Å². The Labute approximate surface area is 157 Å². The summed E-state index contributed by atoms with van der Waals surface area (Å²) < 4.78 is 1.39. The average Bonchev–Trinajstić information content (AvgIpc) is 3.41. The Kier molecular flexibility index (Phi) is 5.07. The van der Waals surface area contributed by atoms with Gasteiger partial charge in [0.15, 0.2) is 0 Å². The maximum atomic E-state index is 12.5. The maximum absolute atomic E-state index is 12.5. The van der Waals surface area contributed by atoms with Gasteiger partial charge in [-0.25, -0.2) is 0 Å². The van der Waals surface area contributed by atoms with E-state index in [1.54, 1.807) is 45.4 Å². The molecule has 0 saturated heterocycles. The first-order valence-electron chi connectivity index (χ1n) is 9.03. The Morgan fingerprint density at radius 2 is 1.93 bits per heavy atom. The van der Waals surface area contributed by atoms with E-state index in [9.17, 15) is 14.4 Å². The first-order chi connectivity index (χ1) is 12.8. The number of benzene rings is 1. The summed E-state index contributed by atoms with van der Waals surface area (Å²) in [6.07, 6.45) is 3.98. The quantitative estimate of drug-likeness (QED) is 0.742. The van der Waals surface area contributed by atoms with Crippen LogP contribution in [-0.4, -0.2) is 54.0 Å². The van der Waals surface area contributed by atoms with Gasteiger partial charge in [0.1, 0.15) is 0 Å². The van der Waals surface area contributed by atoms with Crippen molar-refractivity contribution in [2.45, 2.75) is 32.2 Å². The van der Waals surface area contributed by atoms with E-state index < -0.39 is 0 Å². The Bertz CT molecular complexity index is 900. The van der Waals surface area contributed by atoms with E-state index >= 15 is 0 Å². The molecule has 27 heavy (non-hydrogen) atoms. The van der Waals surface area contributed by atoms with Crippen LogP contribution in [0.3, 0.4) is 0 Å². The monoisotopic (exact) mass is 371 g/mol. The fraction of sp³-hybridized carbons (Fsp3) is 0.421. The molecule has 3 amide bonds. The second-order valence-electron chi connectivity index (χ2n) is 6.96. The number of aromatic nitrogens is 1. The number of carbonyl (C=O) groups excluding carboxylic acids is 3. The zero-order valence-electron chi connectivity index (χ0n) is 15.9. The predicted molar refractivity (Wildman–Crippen MR) is 104 cm³/mol. The molecule has 1 saturated carbocycles. The van der Waals surface area contributed by atoms with Crippen LogP contribution >= 0.6 is 0 Å². The molecule has 0 unspecified atom stereocenters. The number of rotatable bonds is 6. The minimum atomic E-state index is -0.208. The van der Waals surface area contributed by atoms with Crippen molar-refractivity contribution in [2.75, 3.05) is 31.4 Å². The summed E-state index contributed by atoms with van der Waals surface area (Å²) in [5.41, 5.74) is 1.82. The van der Waals surface area contributed by atoms with Crippen molar-refractivity contribution in [1.82, 2.24) is 14.9 Å². The predicted octanol–water partition coefficient (Wildman–Crippen LogP) is 1.08. The van der Waals surface area contributed by atoms with Gasteiger partial charge in [0.25, 0.3) is 5.91 Å². The van der Waals surface area contributed by atoms with E-state index in [0.717, 1.165) is 18.2 Å². The van der Waals surface area contributed by atoms with Crippen molar-refractivity contribution in [2.24, 2.45) is 0 Å². The fourth-order valence-electron chi connectivity index (χ4n) is 2.93. The van der Waals surface area contributed by atoms with Crippen LogP contribution in [0.15, 0.2) is 24.4 Å². The van der Waals surface area contributed by atoms with Crippen LogP contribution in [-0.2, 0) is 9.59 Å². The summed E-state index contributed by atoms with van der Waals surface area (Å²) in [4.78, 5) is 39.4. The first-order valence-corrected chi connectivity index (χ1v) is 9.03. The molecule has 1 aromatic carbocycles. The van der Waals surface area contributed by atoms with Crippen molar-refractivity contribution >= 4 is 34.3 Å². The van der Waals surface area contributed by atoms with Crippen molar-refractivity contribution in [3.8, 4) is 0 Å². The van der Waals surface area contributed by atoms with Crippen LogP contribution in [0.2, 0.25) is 0 Å². The third-order valence-electron chi connectivity index (χ3n) is 4.84. The SMILES string of the molecule is CCC(=O)N(C)CC(=O)N(C)c1ccc2c(C(=O)NC3CC3)cn(N)c2c1. The van der Waals surface area contributed by atoms with Crippen LogP contribution in [0.25, 0.3) is 10.9 Å². The molecule has 3 rings (SSSR count). The molecule has 1 aliphatic rings. The molecule has 144 valence electrons. The average molecular weight is 371 g/mol. The molecule has 0 aliphatic heterocycles. The van der Waals surface area contributed by atoms with Crippen LogP contribution in [0.5, 0.6) is 0 Å². The highest BCUT2D eigenvalue weighted by atomic mass is 16.2. The van der Waals surface area contributed by atoms with Crippen LogP contribution in [0, 0.1) is 0 Å². The number of fused-ring (bicyclic) bond motifs is 1. The van der Waals surface area contributed by atoms with Crippen LogP contribution < -0.4 is 16.1 Å². The van der Waals surface area contributed by atoms with Gasteiger partial charge in [-0.3, -0.25) is 19.1 Å². The number of carbonyl (C=O) groups is 3. The van der Waals surface area contributed by atoms with Gasteiger partial charge in [-0.2, -0.15) is 0 Å².